The summed E-state index contributed by atoms with van der Waals surface area (Å²) in [6.45, 7) is 3.89. The number of aryl methyl sites for hydroxylation is 2. The van der Waals surface area contributed by atoms with E-state index in [1.165, 1.54) is 23.5 Å². The molecule has 0 aliphatic heterocycles. The minimum absolute atomic E-state index is 0.0698. The first-order valence-electron chi connectivity index (χ1n) is 9.05. The van der Waals surface area contributed by atoms with Crippen molar-refractivity contribution < 1.29 is 9.18 Å². The lowest BCUT2D eigenvalue weighted by Crippen LogP contribution is -2.24. The number of amides is 1. The lowest BCUT2D eigenvalue weighted by molar-refractivity contribution is 0.0957. The van der Waals surface area contributed by atoms with Crippen molar-refractivity contribution in [3.8, 4) is 0 Å². The van der Waals surface area contributed by atoms with Gasteiger partial charge in [-0.15, -0.1) is 11.3 Å². The number of hydrogen-bond donors (Lipinski definition) is 1. The van der Waals surface area contributed by atoms with E-state index in [9.17, 15) is 9.18 Å². The van der Waals surface area contributed by atoms with Crippen molar-refractivity contribution in [2.45, 2.75) is 26.4 Å². The van der Waals surface area contributed by atoms with Gasteiger partial charge in [-0.05, 0) is 37.1 Å². The van der Waals surface area contributed by atoms with Gasteiger partial charge >= 0.3 is 0 Å². The van der Waals surface area contributed by atoms with Crippen molar-refractivity contribution >= 4 is 27.5 Å². The molecular weight excluding hydrogens is 377 g/mol. The van der Waals surface area contributed by atoms with E-state index in [-0.39, 0.29) is 11.7 Å². The van der Waals surface area contributed by atoms with Gasteiger partial charge in [0.1, 0.15) is 10.6 Å². The summed E-state index contributed by atoms with van der Waals surface area (Å²) in [7, 11) is 0. The molecule has 0 aliphatic rings. The molecule has 144 valence electrons. The Labute approximate surface area is 165 Å². The minimum Gasteiger partial charge on any atom is -0.351 e. The summed E-state index contributed by atoms with van der Waals surface area (Å²) in [6, 6.07) is 8.29. The van der Waals surface area contributed by atoms with Crippen LogP contribution in [0.1, 0.15) is 27.3 Å². The van der Waals surface area contributed by atoms with Crippen molar-refractivity contribution in [1.29, 1.82) is 0 Å². The van der Waals surface area contributed by atoms with Crippen molar-refractivity contribution in [2.24, 2.45) is 0 Å². The Balaban J connectivity index is 1.43. The first-order valence-corrected chi connectivity index (χ1v) is 9.87. The van der Waals surface area contributed by atoms with Gasteiger partial charge in [0, 0.05) is 30.9 Å². The SMILES string of the molecule is Cc1nn(Cc2ccc(F)cc2)c2sc(C(=O)NCCCn3ccnc3)cc12. The lowest BCUT2D eigenvalue weighted by Gasteiger charge is -2.05. The van der Waals surface area contributed by atoms with Crippen molar-refractivity contribution in [1.82, 2.24) is 24.6 Å². The molecule has 0 saturated heterocycles. The van der Waals surface area contributed by atoms with E-state index in [1.54, 1.807) is 24.7 Å². The summed E-state index contributed by atoms with van der Waals surface area (Å²) in [5, 5.41) is 8.52. The fourth-order valence-corrected chi connectivity index (χ4v) is 4.14. The third-order valence-corrected chi connectivity index (χ3v) is 5.66. The molecule has 4 aromatic rings. The van der Waals surface area contributed by atoms with Crippen LogP contribution < -0.4 is 5.32 Å². The first-order chi connectivity index (χ1) is 13.6. The highest BCUT2D eigenvalue weighted by Gasteiger charge is 2.16. The molecule has 0 spiro atoms. The summed E-state index contributed by atoms with van der Waals surface area (Å²) in [5.41, 5.74) is 1.84. The molecule has 1 aromatic carbocycles. The van der Waals surface area contributed by atoms with E-state index < -0.39 is 0 Å². The van der Waals surface area contributed by atoms with Crippen LogP contribution in [-0.2, 0) is 13.1 Å². The number of nitrogens with zero attached hydrogens (tertiary/aromatic N) is 4. The highest BCUT2D eigenvalue weighted by Crippen LogP contribution is 2.28. The van der Waals surface area contributed by atoms with Crippen LogP contribution in [0.2, 0.25) is 0 Å². The average molecular weight is 397 g/mol. The molecule has 0 bridgehead atoms. The molecule has 1 N–H and O–H groups in total. The fourth-order valence-electron chi connectivity index (χ4n) is 3.06. The molecule has 0 atom stereocenters. The Kier molecular flexibility index (Phi) is 5.21. The Morgan fingerprint density at radius 3 is 2.86 bits per heavy atom. The highest BCUT2D eigenvalue weighted by atomic mass is 32.1. The molecule has 1 amide bonds. The van der Waals surface area contributed by atoms with E-state index in [4.69, 9.17) is 0 Å². The smallest absolute Gasteiger partial charge is 0.261 e. The Morgan fingerprint density at radius 2 is 2.11 bits per heavy atom. The first kappa shape index (κ1) is 18.4. The maximum Gasteiger partial charge on any atom is 0.261 e. The largest absolute Gasteiger partial charge is 0.351 e. The topological polar surface area (TPSA) is 64.7 Å². The maximum absolute atomic E-state index is 13.1. The van der Waals surface area contributed by atoms with Crippen LogP contribution >= 0.6 is 11.3 Å². The number of benzene rings is 1. The van der Waals surface area contributed by atoms with E-state index in [2.05, 4.69) is 15.4 Å². The van der Waals surface area contributed by atoms with Crippen LogP contribution in [0.5, 0.6) is 0 Å². The van der Waals surface area contributed by atoms with Crippen molar-refractivity contribution in [3.05, 3.63) is 71.0 Å². The summed E-state index contributed by atoms with van der Waals surface area (Å²) >= 11 is 1.43. The Bertz CT molecular complexity index is 1080. The van der Waals surface area contributed by atoms with Gasteiger partial charge in [0.2, 0.25) is 0 Å². The molecule has 3 aromatic heterocycles. The van der Waals surface area contributed by atoms with Crippen LogP contribution in [0.3, 0.4) is 0 Å². The van der Waals surface area contributed by atoms with Gasteiger partial charge in [-0.3, -0.25) is 9.48 Å². The number of imidazole rings is 1. The molecule has 4 rings (SSSR count). The Morgan fingerprint density at radius 1 is 1.29 bits per heavy atom. The Hall–Kier alpha value is -3.00. The average Bonchev–Trinajstić information content (AvgIpc) is 3.40. The zero-order valence-corrected chi connectivity index (χ0v) is 16.2. The van der Waals surface area contributed by atoms with Gasteiger partial charge < -0.3 is 9.88 Å². The quantitative estimate of drug-likeness (QED) is 0.485. The third kappa shape index (κ3) is 3.96. The predicted molar refractivity (Wildman–Crippen MR) is 107 cm³/mol. The molecule has 0 radical (unpaired) electrons. The number of rotatable bonds is 7. The highest BCUT2D eigenvalue weighted by molar-refractivity contribution is 7.20. The molecule has 8 heteroatoms. The number of thiophene rings is 1. The summed E-state index contributed by atoms with van der Waals surface area (Å²) in [6.07, 6.45) is 6.25. The van der Waals surface area contributed by atoms with Crippen molar-refractivity contribution in [2.75, 3.05) is 6.54 Å². The molecule has 6 nitrogen and oxygen atoms in total. The lowest BCUT2D eigenvalue weighted by atomic mass is 10.2. The molecular formula is C20H20FN5OS. The van der Waals surface area contributed by atoms with Crippen LogP contribution in [0.25, 0.3) is 10.2 Å². The molecule has 0 aliphatic carbocycles. The van der Waals surface area contributed by atoms with E-state index in [1.807, 2.05) is 28.4 Å². The monoisotopic (exact) mass is 397 g/mol. The molecule has 28 heavy (non-hydrogen) atoms. The van der Waals surface area contributed by atoms with E-state index in [0.29, 0.717) is 18.0 Å². The second-order valence-corrected chi connectivity index (χ2v) is 7.64. The van der Waals surface area contributed by atoms with Gasteiger partial charge in [-0.25, -0.2) is 9.37 Å². The van der Waals surface area contributed by atoms with Crippen LogP contribution in [-0.4, -0.2) is 31.8 Å². The molecule has 0 fully saturated rings. The second-order valence-electron chi connectivity index (χ2n) is 6.61. The zero-order valence-electron chi connectivity index (χ0n) is 15.4. The normalized spacial score (nSPS) is 11.2. The van der Waals surface area contributed by atoms with Gasteiger partial charge in [0.15, 0.2) is 0 Å². The summed E-state index contributed by atoms with van der Waals surface area (Å²) in [4.78, 5) is 18.1. The number of nitrogens with one attached hydrogen (secondary N) is 1. The van der Waals surface area contributed by atoms with Crippen LogP contribution in [0.15, 0.2) is 49.1 Å². The predicted octanol–water partition coefficient (Wildman–Crippen LogP) is 3.61. The number of fused-ring (bicyclic) bond motifs is 1. The van der Waals surface area contributed by atoms with Gasteiger partial charge in [-0.2, -0.15) is 5.10 Å². The van der Waals surface area contributed by atoms with Gasteiger partial charge in [-0.1, -0.05) is 12.1 Å². The minimum atomic E-state index is -0.256. The fraction of sp³-hybridized carbons (Fsp3) is 0.250. The van der Waals surface area contributed by atoms with Crippen LogP contribution in [0, 0.1) is 12.7 Å². The van der Waals surface area contributed by atoms with Crippen LogP contribution in [0.4, 0.5) is 4.39 Å². The van der Waals surface area contributed by atoms with E-state index in [0.717, 1.165) is 34.4 Å². The van der Waals surface area contributed by atoms with E-state index >= 15 is 0 Å². The standard InChI is InChI=1S/C20H20FN5OS/c1-14-17-11-18(19(27)23-7-2-9-25-10-8-22-13-25)28-20(17)26(24-14)12-15-3-5-16(21)6-4-15/h3-6,8,10-11,13H,2,7,9,12H2,1H3,(H,23,27). The maximum atomic E-state index is 13.1. The molecule has 3 heterocycles. The number of aromatic nitrogens is 4. The zero-order chi connectivity index (χ0) is 19.5. The summed E-state index contributed by atoms with van der Waals surface area (Å²) < 4.78 is 17.0. The number of hydrogen-bond acceptors (Lipinski definition) is 4. The summed E-state index contributed by atoms with van der Waals surface area (Å²) in [5.74, 6) is -0.326. The number of halogens is 1. The molecule has 0 unspecified atom stereocenters. The molecule has 0 saturated carbocycles. The number of carbonyl (C=O) groups is 1. The number of carbonyl (C=O) groups excluding carboxylic acids is 1. The van der Waals surface area contributed by atoms with Crippen molar-refractivity contribution in [3.63, 3.8) is 0 Å². The van der Waals surface area contributed by atoms with Gasteiger partial charge in [0.05, 0.1) is 23.4 Å². The third-order valence-electron chi connectivity index (χ3n) is 4.51. The van der Waals surface area contributed by atoms with Gasteiger partial charge in [0.25, 0.3) is 5.91 Å². The second kappa shape index (κ2) is 7.93.